The van der Waals surface area contributed by atoms with Crippen LogP contribution in [0.25, 0.3) is 0 Å². The number of aromatic nitrogens is 2. The molecule has 1 aromatic rings. The lowest BCUT2D eigenvalue weighted by Crippen LogP contribution is -2.22. The summed E-state index contributed by atoms with van der Waals surface area (Å²) in [4.78, 5) is 7.36. The van der Waals surface area contributed by atoms with Gasteiger partial charge < -0.3 is 15.0 Å². The van der Waals surface area contributed by atoms with Gasteiger partial charge in [0.05, 0.1) is 0 Å². The highest BCUT2D eigenvalue weighted by atomic mass is 16.5. The van der Waals surface area contributed by atoms with Gasteiger partial charge in [-0.05, 0) is 25.7 Å². The molecule has 14 heavy (non-hydrogen) atoms. The summed E-state index contributed by atoms with van der Waals surface area (Å²) in [5.41, 5.74) is 1.10. The molecule has 1 saturated heterocycles. The van der Waals surface area contributed by atoms with E-state index in [-0.39, 0.29) is 0 Å². The van der Waals surface area contributed by atoms with Crippen molar-refractivity contribution in [3.8, 4) is 0 Å². The molecule has 1 fully saturated rings. The molecule has 2 rings (SSSR count). The molecule has 4 nitrogen and oxygen atoms in total. The summed E-state index contributed by atoms with van der Waals surface area (Å²) in [6.45, 7) is 4.82. The van der Waals surface area contributed by atoms with Crippen LogP contribution in [-0.2, 0) is 4.74 Å². The predicted octanol–water partition coefficient (Wildman–Crippen LogP) is 1.56. The standard InChI is InChI=1S/C10H17N3O/c1-8-6-11-10(13-8)12-7-9-2-4-14-5-3-9/h6,9H,2-5,7H2,1H3,(H2,11,12,13). The smallest absolute Gasteiger partial charge is 0.200 e. The van der Waals surface area contributed by atoms with E-state index in [1.54, 1.807) is 0 Å². The number of H-pyrrole nitrogens is 1. The maximum absolute atomic E-state index is 5.30. The van der Waals surface area contributed by atoms with Gasteiger partial charge in [-0.15, -0.1) is 0 Å². The Labute approximate surface area is 84.1 Å². The van der Waals surface area contributed by atoms with Crippen molar-refractivity contribution < 1.29 is 4.74 Å². The predicted molar refractivity (Wildman–Crippen MR) is 55.4 cm³/mol. The largest absolute Gasteiger partial charge is 0.381 e. The zero-order chi connectivity index (χ0) is 9.80. The molecule has 78 valence electrons. The number of rotatable bonds is 3. The van der Waals surface area contributed by atoms with E-state index in [9.17, 15) is 0 Å². The van der Waals surface area contributed by atoms with Gasteiger partial charge >= 0.3 is 0 Å². The molecule has 0 aromatic carbocycles. The maximum atomic E-state index is 5.30. The van der Waals surface area contributed by atoms with Crippen LogP contribution < -0.4 is 5.32 Å². The third-order valence-corrected chi connectivity index (χ3v) is 2.60. The molecule has 0 aliphatic carbocycles. The van der Waals surface area contributed by atoms with Crippen LogP contribution in [0.2, 0.25) is 0 Å². The van der Waals surface area contributed by atoms with Gasteiger partial charge in [0.15, 0.2) is 5.95 Å². The quantitative estimate of drug-likeness (QED) is 0.769. The van der Waals surface area contributed by atoms with Crippen LogP contribution in [0.5, 0.6) is 0 Å². The van der Waals surface area contributed by atoms with Crippen LogP contribution in [0.3, 0.4) is 0 Å². The lowest BCUT2D eigenvalue weighted by molar-refractivity contribution is 0.0699. The average molecular weight is 195 g/mol. The molecule has 0 spiro atoms. The van der Waals surface area contributed by atoms with Crippen molar-refractivity contribution in [3.05, 3.63) is 11.9 Å². The molecule has 0 amide bonds. The summed E-state index contributed by atoms with van der Waals surface area (Å²) in [5.74, 6) is 1.61. The second-order valence-electron chi connectivity index (χ2n) is 3.85. The van der Waals surface area contributed by atoms with Crippen molar-refractivity contribution in [2.24, 2.45) is 5.92 Å². The number of anilines is 1. The van der Waals surface area contributed by atoms with Crippen molar-refractivity contribution in [2.75, 3.05) is 25.1 Å². The molecular weight excluding hydrogens is 178 g/mol. The Morgan fingerprint density at radius 3 is 3.00 bits per heavy atom. The fraction of sp³-hybridized carbons (Fsp3) is 0.700. The number of ether oxygens (including phenoxy) is 1. The van der Waals surface area contributed by atoms with E-state index >= 15 is 0 Å². The highest BCUT2D eigenvalue weighted by molar-refractivity contribution is 5.25. The Hall–Kier alpha value is -1.03. The molecule has 0 unspecified atom stereocenters. The first kappa shape index (κ1) is 9.52. The summed E-state index contributed by atoms with van der Waals surface area (Å²) < 4.78 is 5.30. The Balaban J connectivity index is 1.76. The normalized spacial score (nSPS) is 18.4. The molecule has 0 saturated carbocycles. The number of hydrogen-bond donors (Lipinski definition) is 2. The van der Waals surface area contributed by atoms with Gasteiger partial charge in [0.25, 0.3) is 0 Å². The van der Waals surface area contributed by atoms with Gasteiger partial charge in [0.1, 0.15) is 0 Å². The first-order valence-corrected chi connectivity index (χ1v) is 5.18. The number of nitrogens with zero attached hydrogens (tertiary/aromatic N) is 1. The van der Waals surface area contributed by atoms with Crippen LogP contribution in [0.1, 0.15) is 18.5 Å². The molecule has 2 heterocycles. The van der Waals surface area contributed by atoms with E-state index < -0.39 is 0 Å². The highest BCUT2D eigenvalue weighted by Crippen LogP contribution is 2.14. The van der Waals surface area contributed by atoms with Crippen LogP contribution in [-0.4, -0.2) is 29.7 Å². The Morgan fingerprint density at radius 1 is 1.57 bits per heavy atom. The summed E-state index contributed by atoms with van der Waals surface area (Å²) in [5, 5.41) is 3.31. The Kier molecular flexibility index (Phi) is 3.03. The summed E-state index contributed by atoms with van der Waals surface area (Å²) in [6, 6.07) is 0. The topological polar surface area (TPSA) is 49.9 Å². The van der Waals surface area contributed by atoms with E-state index in [1.165, 1.54) is 0 Å². The molecule has 0 atom stereocenters. The minimum atomic E-state index is 0.731. The van der Waals surface area contributed by atoms with Crippen molar-refractivity contribution >= 4 is 5.95 Å². The molecule has 2 N–H and O–H groups in total. The number of aryl methyl sites for hydroxylation is 1. The van der Waals surface area contributed by atoms with E-state index in [0.717, 1.165) is 50.2 Å². The van der Waals surface area contributed by atoms with E-state index in [0.29, 0.717) is 0 Å². The molecule has 1 aliphatic rings. The Morgan fingerprint density at radius 2 is 2.36 bits per heavy atom. The zero-order valence-electron chi connectivity index (χ0n) is 8.55. The molecule has 1 aliphatic heterocycles. The van der Waals surface area contributed by atoms with Crippen LogP contribution in [0.15, 0.2) is 6.20 Å². The number of aromatic amines is 1. The van der Waals surface area contributed by atoms with Crippen molar-refractivity contribution in [2.45, 2.75) is 19.8 Å². The van der Waals surface area contributed by atoms with Crippen molar-refractivity contribution in [1.29, 1.82) is 0 Å². The van der Waals surface area contributed by atoms with Gasteiger partial charge in [-0.3, -0.25) is 0 Å². The van der Waals surface area contributed by atoms with Crippen LogP contribution in [0, 0.1) is 12.8 Å². The van der Waals surface area contributed by atoms with Gasteiger partial charge in [0, 0.05) is 31.6 Å². The van der Waals surface area contributed by atoms with E-state index in [4.69, 9.17) is 4.74 Å². The molecule has 4 heteroatoms. The average Bonchev–Trinajstić information content (AvgIpc) is 2.63. The second-order valence-corrected chi connectivity index (χ2v) is 3.85. The second kappa shape index (κ2) is 4.46. The first-order chi connectivity index (χ1) is 6.84. The van der Waals surface area contributed by atoms with Gasteiger partial charge in [-0.2, -0.15) is 0 Å². The molecule has 1 aromatic heterocycles. The van der Waals surface area contributed by atoms with Crippen LogP contribution in [0.4, 0.5) is 5.95 Å². The van der Waals surface area contributed by atoms with E-state index in [2.05, 4.69) is 15.3 Å². The van der Waals surface area contributed by atoms with Gasteiger partial charge in [-0.1, -0.05) is 0 Å². The summed E-state index contributed by atoms with van der Waals surface area (Å²) >= 11 is 0. The third-order valence-electron chi connectivity index (χ3n) is 2.60. The number of hydrogen-bond acceptors (Lipinski definition) is 3. The molecule has 0 radical (unpaired) electrons. The monoisotopic (exact) mass is 195 g/mol. The van der Waals surface area contributed by atoms with Crippen molar-refractivity contribution in [1.82, 2.24) is 9.97 Å². The summed E-state index contributed by atoms with van der Waals surface area (Å²) in [6.07, 6.45) is 4.16. The minimum Gasteiger partial charge on any atom is -0.381 e. The third kappa shape index (κ3) is 2.48. The van der Waals surface area contributed by atoms with Gasteiger partial charge in [-0.25, -0.2) is 4.98 Å². The summed E-state index contributed by atoms with van der Waals surface area (Å²) in [7, 11) is 0. The van der Waals surface area contributed by atoms with Crippen LogP contribution >= 0.6 is 0 Å². The SMILES string of the molecule is Cc1cnc(NCC2CCOCC2)[nH]1. The minimum absolute atomic E-state index is 0.731. The molecule has 0 bridgehead atoms. The lowest BCUT2D eigenvalue weighted by Gasteiger charge is -2.21. The zero-order valence-corrected chi connectivity index (χ0v) is 8.55. The maximum Gasteiger partial charge on any atom is 0.200 e. The fourth-order valence-electron chi connectivity index (χ4n) is 1.69. The Bertz CT molecular complexity index is 279. The van der Waals surface area contributed by atoms with E-state index in [1.807, 2.05) is 13.1 Å². The lowest BCUT2D eigenvalue weighted by atomic mass is 10.0. The highest BCUT2D eigenvalue weighted by Gasteiger charge is 2.13. The first-order valence-electron chi connectivity index (χ1n) is 5.18. The number of imidazole rings is 1. The number of nitrogens with one attached hydrogen (secondary N) is 2. The van der Waals surface area contributed by atoms with Crippen molar-refractivity contribution in [3.63, 3.8) is 0 Å². The fourth-order valence-corrected chi connectivity index (χ4v) is 1.69. The van der Waals surface area contributed by atoms with Gasteiger partial charge in [0.2, 0.25) is 0 Å². The molecular formula is C10H17N3O.